The van der Waals surface area contributed by atoms with Crippen molar-refractivity contribution in [3.8, 4) is 0 Å². The molecule has 0 aliphatic rings. The molecule has 0 spiro atoms. The van der Waals surface area contributed by atoms with Gasteiger partial charge in [0.1, 0.15) is 17.2 Å². The second kappa shape index (κ2) is 6.58. The highest BCUT2D eigenvalue weighted by molar-refractivity contribution is 5.91. The molecule has 0 atom stereocenters. The maximum atomic E-state index is 12.3. The molecule has 0 unspecified atom stereocenters. The van der Waals surface area contributed by atoms with Gasteiger partial charge < -0.3 is 15.1 Å². The van der Waals surface area contributed by atoms with Crippen LogP contribution in [0.15, 0.2) is 53.1 Å². The predicted molar refractivity (Wildman–Crippen MR) is 95.1 cm³/mol. The molecule has 3 aromatic rings. The quantitative estimate of drug-likeness (QED) is 0.748. The van der Waals surface area contributed by atoms with E-state index in [9.17, 15) is 4.79 Å². The smallest absolute Gasteiger partial charge is 0.246 e. The van der Waals surface area contributed by atoms with Gasteiger partial charge in [0.15, 0.2) is 0 Å². The monoisotopic (exact) mass is 321 g/mol. The van der Waals surface area contributed by atoms with Crippen molar-refractivity contribution in [2.75, 3.05) is 12.8 Å². The van der Waals surface area contributed by atoms with Gasteiger partial charge in [0.25, 0.3) is 0 Å². The highest BCUT2D eigenvalue weighted by Gasteiger charge is 2.14. The Balaban J connectivity index is 1.71. The SMILES string of the molecule is Cc1c(CN(C)C(=O)/C=C/c2ccc(N)nc2)oc2ccccc12. The number of amides is 1. The fourth-order valence-electron chi connectivity index (χ4n) is 2.48. The Hall–Kier alpha value is -3.08. The van der Waals surface area contributed by atoms with Gasteiger partial charge in [-0.1, -0.05) is 18.2 Å². The number of nitrogens with zero attached hydrogens (tertiary/aromatic N) is 2. The number of anilines is 1. The van der Waals surface area contributed by atoms with Crippen LogP contribution in [-0.4, -0.2) is 22.8 Å². The van der Waals surface area contributed by atoms with E-state index >= 15 is 0 Å². The van der Waals surface area contributed by atoms with Crippen molar-refractivity contribution in [2.45, 2.75) is 13.5 Å². The number of likely N-dealkylation sites (N-methyl/N-ethyl adjacent to an activating group) is 1. The minimum absolute atomic E-state index is 0.105. The van der Waals surface area contributed by atoms with Crippen LogP contribution in [0, 0.1) is 6.92 Å². The minimum atomic E-state index is -0.105. The minimum Gasteiger partial charge on any atom is -0.459 e. The van der Waals surface area contributed by atoms with E-state index in [4.69, 9.17) is 10.2 Å². The molecular weight excluding hydrogens is 302 g/mol. The van der Waals surface area contributed by atoms with Crippen molar-refractivity contribution in [1.82, 2.24) is 9.88 Å². The van der Waals surface area contributed by atoms with Crippen LogP contribution < -0.4 is 5.73 Å². The van der Waals surface area contributed by atoms with Crippen molar-refractivity contribution >= 4 is 28.8 Å². The number of furan rings is 1. The summed E-state index contributed by atoms with van der Waals surface area (Å²) in [7, 11) is 1.75. The molecule has 5 heteroatoms. The van der Waals surface area contributed by atoms with E-state index in [1.54, 1.807) is 30.3 Å². The lowest BCUT2D eigenvalue weighted by atomic mass is 10.1. The summed E-state index contributed by atoms with van der Waals surface area (Å²) in [5.74, 6) is 1.15. The van der Waals surface area contributed by atoms with Crippen molar-refractivity contribution in [3.63, 3.8) is 0 Å². The molecule has 24 heavy (non-hydrogen) atoms. The lowest BCUT2D eigenvalue weighted by Gasteiger charge is -2.13. The largest absolute Gasteiger partial charge is 0.459 e. The number of aryl methyl sites for hydroxylation is 1. The van der Waals surface area contributed by atoms with Gasteiger partial charge in [0, 0.05) is 30.3 Å². The molecule has 1 aromatic carbocycles. The number of fused-ring (bicyclic) bond motifs is 1. The molecule has 0 aliphatic carbocycles. The van der Waals surface area contributed by atoms with Gasteiger partial charge in [-0.25, -0.2) is 4.98 Å². The van der Waals surface area contributed by atoms with E-state index in [1.165, 1.54) is 6.08 Å². The average Bonchev–Trinajstić information content (AvgIpc) is 2.90. The number of carbonyl (C=O) groups is 1. The normalized spacial score (nSPS) is 11.2. The van der Waals surface area contributed by atoms with E-state index in [0.29, 0.717) is 12.4 Å². The zero-order valence-corrected chi connectivity index (χ0v) is 13.7. The van der Waals surface area contributed by atoms with Crippen LogP contribution in [0.25, 0.3) is 17.0 Å². The third-order valence-corrected chi connectivity index (χ3v) is 3.93. The Morgan fingerprint density at radius 1 is 1.29 bits per heavy atom. The Morgan fingerprint density at radius 2 is 2.08 bits per heavy atom. The van der Waals surface area contributed by atoms with Gasteiger partial charge in [-0.3, -0.25) is 4.79 Å². The van der Waals surface area contributed by atoms with E-state index in [-0.39, 0.29) is 5.91 Å². The molecular formula is C19H19N3O2. The third-order valence-electron chi connectivity index (χ3n) is 3.93. The second-order valence-electron chi connectivity index (χ2n) is 5.69. The number of nitrogen functional groups attached to an aromatic ring is 1. The highest BCUT2D eigenvalue weighted by Crippen LogP contribution is 2.25. The van der Waals surface area contributed by atoms with Crippen LogP contribution in [-0.2, 0) is 11.3 Å². The number of hydrogen-bond acceptors (Lipinski definition) is 4. The molecule has 3 rings (SSSR count). The molecule has 1 amide bonds. The Bertz CT molecular complexity index is 895. The van der Waals surface area contributed by atoms with Gasteiger partial charge in [0.2, 0.25) is 5.91 Å². The van der Waals surface area contributed by atoms with E-state index in [0.717, 1.165) is 27.9 Å². The van der Waals surface area contributed by atoms with Crippen molar-refractivity contribution < 1.29 is 9.21 Å². The lowest BCUT2D eigenvalue weighted by molar-refractivity contribution is -0.125. The first-order chi connectivity index (χ1) is 11.5. The van der Waals surface area contributed by atoms with Crippen LogP contribution in [0.5, 0.6) is 0 Å². The van der Waals surface area contributed by atoms with Gasteiger partial charge in [-0.05, 0) is 36.8 Å². The summed E-state index contributed by atoms with van der Waals surface area (Å²) in [6, 6.07) is 11.4. The molecule has 5 nitrogen and oxygen atoms in total. The number of hydrogen-bond donors (Lipinski definition) is 1. The molecule has 0 aliphatic heterocycles. The van der Waals surface area contributed by atoms with Crippen LogP contribution in [0.1, 0.15) is 16.9 Å². The number of benzene rings is 1. The number of aromatic nitrogens is 1. The first-order valence-corrected chi connectivity index (χ1v) is 7.66. The Labute approximate surface area is 140 Å². The number of carbonyl (C=O) groups excluding carboxylic acids is 1. The van der Waals surface area contributed by atoms with Crippen molar-refractivity contribution in [2.24, 2.45) is 0 Å². The number of para-hydroxylation sites is 1. The summed E-state index contributed by atoms with van der Waals surface area (Å²) < 4.78 is 5.85. The Kier molecular flexibility index (Phi) is 4.33. The molecule has 122 valence electrons. The number of nitrogens with two attached hydrogens (primary N) is 1. The molecule has 0 fully saturated rings. The standard InChI is InChI=1S/C19H19N3O2/c1-13-15-5-3-4-6-16(15)24-17(13)12-22(2)19(23)10-8-14-7-9-18(20)21-11-14/h3-11H,12H2,1-2H3,(H2,20,21)/b10-8+. The van der Waals surface area contributed by atoms with Gasteiger partial charge >= 0.3 is 0 Å². The summed E-state index contributed by atoms with van der Waals surface area (Å²) in [6.07, 6.45) is 4.87. The Morgan fingerprint density at radius 3 is 2.79 bits per heavy atom. The number of pyridine rings is 1. The van der Waals surface area contributed by atoms with E-state index in [2.05, 4.69) is 4.98 Å². The highest BCUT2D eigenvalue weighted by atomic mass is 16.3. The second-order valence-corrected chi connectivity index (χ2v) is 5.69. The van der Waals surface area contributed by atoms with E-state index in [1.807, 2.05) is 37.3 Å². The molecule has 2 aromatic heterocycles. The fourth-order valence-corrected chi connectivity index (χ4v) is 2.48. The van der Waals surface area contributed by atoms with Crippen LogP contribution >= 0.6 is 0 Å². The van der Waals surface area contributed by atoms with Crippen molar-refractivity contribution in [1.29, 1.82) is 0 Å². The number of rotatable bonds is 4. The zero-order valence-electron chi connectivity index (χ0n) is 13.7. The fraction of sp³-hybridized carbons (Fsp3) is 0.158. The molecule has 2 N–H and O–H groups in total. The lowest BCUT2D eigenvalue weighted by Crippen LogP contribution is -2.24. The molecule has 0 bridgehead atoms. The third kappa shape index (κ3) is 3.30. The molecule has 0 radical (unpaired) electrons. The summed E-state index contributed by atoms with van der Waals surface area (Å²) in [5.41, 5.74) is 8.28. The first kappa shape index (κ1) is 15.8. The summed E-state index contributed by atoms with van der Waals surface area (Å²) >= 11 is 0. The zero-order chi connectivity index (χ0) is 17.1. The first-order valence-electron chi connectivity index (χ1n) is 7.66. The van der Waals surface area contributed by atoms with Crippen LogP contribution in [0.4, 0.5) is 5.82 Å². The van der Waals surface area contributed by atoms with Gasteiger partial charge in [-0.15, -0.1) is 0 Å². The van der Waals surface area contributed by atoms with Gasteiger partial charge in [0.05, 0.1) is 6.54 Å². The molecule has 0 saturated heterocycles. The summed E-state index contributed by atoms with van der Waals surface area (Å²) in [4.78, 5) is 17.9. The molecule has 0 saturated carbocycles. The van der Waals surface area contributed by atoms with Crippen molar-refractivity contribution in [3.05, 3.63) is 65.6 Å². The van der Waals surface area contributed by atoms with Crippen LogP contribution in [0.3, 0.4) is 0 Å². The van der Waals surface area contributed by atoms with E-state index < -0.39 is 0 Å². The average molecular weight is 321 g/mol. The maximum Gasteiger partial charge on any atom is 0.246 e. The summed E-state index contributed by atoms with van der Waals surface area (Å²) in [6.45, 7) is 2.43. The predicted octanol–water partition coefficient (Wildman–Crippen LogP) is 3.39. The van der Waals surface area contributed by atoms with Crippen LogP contribution in [0.2, 0.25) is 0 Å². The summed E-state index contributed by atoms with van der Waals surface area (Å²) in [5, 5.41) is 1.08. The molecule has 2 heterocycles. The van der Waals surface area contributed by atoms with Gasteiger partial charge in [-0.2, -0.15) is 0 Å². The maximum absolute atomic E-state index is 12.3. The topological polar surface area (TPSA) is 72.4 Å².